The van der Waals surface area contributed by atoms with E-state index in [4.69, 9.17) is 0 Å². The Balaban J connectivity index is 1.34. The van der Waals surface area contributed by atoms with Gasteiger partial charge in [0, 0.05) is 41.9 Å². The minimum Gasteiger partial charge on any atom is -0.380 e. The van der Waals surface area contributed by atoms with Crippen molar-refractivity contribution in [2.24, 2.45) is 0 Å². The highest BCUT2D eigenvalue weighted by atomic mass is 32.1. The fourth-order valence-corrected chi connectivity index (χ4v) is 9.90. The van der Waals surface area contributed by atoms with Crippen molar-refractivity contribution < 1.29 is 0 Å². The summed E-state index contributed by atoms with van der Waals surface area (Å²) in [5.74, 6) is 0. The second-order valence-electron chi connectivity index (χ2n) is 9.44. The van der Waals surface area contributed by atoms with Gasteiger partial charge >= 0.3 is 0 Å². The summed E-state index contributed by atoms with van der Waals surface area (Å²) in [7, 11) is 1.98. The molecule has 0 aliphatic rings. The molecule has 0 fully saturated rings. The summed E-state index contributed by atoms with van der Waals surface area (Å²) in [6.45, 7) is 2.18. The van der Waals surface area contributed by atoms with Gasteiger partial charge in [-0.1, -0.05) is 36.4 Å². The summed E-state index contributed by atoms with van der Waals surface area (Å²) in [5.41, 5.74) is 2.59. The monoisotopic (exact) mass is 547 g/mol. The molecule has 5 heteroatoms. The molecule has 0 atom stereocenters. The van der Waals surface area contributed by atoms with Crippen molar-refractivity contribution in [3.05, 3.63) is 89.8 Å². The smallest absolute Gasteiger partial charge is 0.0886 e. The van der Waals surface area contributed by atoms with E-state index in [2.05, 4.69) is 97.2 Å². The molecule has 4 aromatic heterocycles. The Kier molecular flexibility index (Phi) is 4.80. The van der Waals surface area contributed by atoms with Gasteiger partial charge in [-0.2, -0.15) is 0 Å². The fourth-order valence-electron chi connectivity index (χ4n) is 5.42. The van der Waals surface area contributed by atoms with E-state index in [0.29, 0.717) is 0 Å². The molecular weight excluding hydrogens is 527 g/mol. The number of fused-ring (bicyclic) bond motifs is 9. The molecule has 0 aliphatic heterocycles. The van der Waals surface area contributed by atoms with E-state index in [1.54, 1.807) is 11.3 Å². The Morgan fingerprint density at radius 1 is 0.541 bits per heavy atom. The number of benzene rings is 4. The van der Waals surface area contributed by atoms with Crippen LogP contribution in [0.5, 0.6) is 0 Å². The van der Waals surface area contributed by atoms with Crippen molar-refractivity contribution >= 4 is 101 Å². The van der Waals surface area contributed by atoms with Gasteiger partial charge in [-0.05, 0) is 88.1 Å². The summed E-state index contributed by atoms with van der Waals surface area (Å²) in [4.78, 5) is 3.99. The first-order valence-electron chi connectivity index (χ1n) is 12.3. The number of anilines is 1. The zero-order valence-corrected chi connectivity index (χ0v) is 23.5. The average Bonchev–Trinajstić information content (AvgIpc) is 3.71. The molecule has 0 bridgehead atoms. The van der Waals surface area contributed by atoms with Gasteiger partial charge < -0.3 is 5.32 Å². The van der Waals surface area contributed by atoms with Crippen molar-refractivity contribution in [3.63, 3.8) is 0 Å². The fraction of sp³-hybridized carbons (Fsp3) is 0.0625. The Hall–Kier alpha value is -3.22. The number of hydrogen-bond donors (Lipinski definition) is 1. The van der Waals surface area contributed by atoms with Gasteiger partial charge in [0.15, 0.2) is 0 Å². The van der Waals surface area contributed by atoms with Gasteiger partial charge in [-0.3, -0.25) is 0 Å². The van der Waals surface area contributed by atoms with Gasteiger partial charge in [0.1, 0.15) is 0 Å². The van der Waals surface area contributed by atoms with E-state index in [9.17, 15) is 0 Å². The molecule has 0 spiro atoms. The number of nitrogens with one attached hydrogen (secondary N) is 1. The zero-order valence-electron chi connectivity index (χ0n) is 20.2. The summed E-state index contributed by atoms with van der Waals surface area (Å²) >= 11 is 7.55. The minimum absolute atomic E-state index is 1.19. The first-order valence-corrected chi connectivity index (χ1v) is 15.5. The lowest BCUT2D eigenvalue weighted by Crippen LogP contribution is -1.80. The summed E-state index contributed by atoms with van der Waals surface area (Å²) in [6, 6.07) is 32.0. The van der Waals surface area contributed by atoms with Crippen LogP contribution in [0.4, 0.5) is 5.00 Å². The Bertz CT molecular complexity index is 2150. The van der Waals surface area contributed by atoms with E-state index in [0.717, 1.165) is 0 Å². The second kappa shape index (κ2) is 8.14. The highest BCUT2D eigenvalue weighted by molar-refractivity contribution is 7.37. The molecule has 4 aromatic carbocycles. The maximum absolute atomic E-state index is 3.25. The van der Waals surface area contributed by atoms with Crippen LogP contribution in [0.1, 0.15) is 4.88 Å². The van der Waals surface area contributed by atoms with E-state index < -0.39 is 0 Å². The lowest BCUT2D eigenvalue weighted by Gasteiger charge is -2.04. The largest absolute Gasteiger partial charge is 0.380 e. The van der Waals surface area contributed by atoms with Crippen molar-refractivity contribution in [1.29, 1.82) is 0 Å². The van der Waals surface area contributed by atoms with Crippen molar-refractivity contribution in [2.45, 2.75) is 6.92 Å². The molecule has 8 rings (SSSR count). The van der Waals surface area contributed by atoms with Crippen LogP contribution < -0.4 is 5.32 Å². The molecule has 1 N–H and O–H groups in total. The SMILES string of the molecule is CNc1ccc(-c2ccc3c(ccc4sc5c(sc6ccc7cc(-c8ccc(C)s8)ccc7c65)c43)c2)s1. The molecular formula is C32H21NS4. The van der Waals surface area contributed by atoms with Crippen LogP contribution >= 0.6 is 45.3 Å². The average molecular weight is 548 g/mol. The molecule has 0 amide bonds. The Morgan fingerprint density at radius 2 is 1.11 bits per heavy atom. The molecule has 178 valence electrons. The molecule has 0 aliphatic carbocycles. The van der Waals surface area contributed by atoms with Crippen molar-refractivity contribution in [2.75, 3.05) is 12.4 Å². The molecule has 0 radical (unpaired) electrons. The minimum atomic E-state index is 1.19. The van der Waals surface area contributed by atoms with Crippen LogP contribution in [0.15, 0.2) is 84.9 Å². The number of aryl methyl sites for hydroxylation is 1. The number of thiophene rings is 4. The molecule has 4 heterocycles. The third-order valence-corrected chi connectivity index (χ3v) is 11.9. The predicted octanol–water partition coefficient (Wildman–Crippen LogP) is 11.4. The van der Waals surface area contributed by atoms with E-state index in [-0.39, 0.29) is 0 Å². The second-order valence-corrected chi connectivity index (χ2v) is 13.9. The van der Waals surface area contributed by atoms with Crippen LogP contribution in [0.25, 0.3) is 72.0 Å². The Labute approximate surface area is 230 Å². The van der Waals surface area contributed by atoms with Gasteiger partial charge in [0.05, 0.1) is 14.4 Å². The molecule has 0 unspecified atom stereocenters. The number of hydrogen-bond acceptors (Lipinski definition) is 5. The van der Waals surface area contributed by atoms with Crippen LogP contribution in [0.3, 0.4) is 0 Å². The van der Waals surface area contributed by atoms with Crippen LogP contribution in [0.2, 0.25) is 0 Å². The molecule has 0 saturated carbocycles. The maximum Gasteiger partial charge on any atom is 0.0886 e. The molecule has 0 saturated heterocycles. The van der Waals surface area contributed by atoms with E-state index in [1.807, 2.05) is 41.1 Å². The topological polar surface area (TPSA) is 12.0 Å². The van der Waals surface area contributed by atoms with Crippen molar-refractivity contribution in [3.8, 4) is 20.9 Å². The number of rotatable bonds is 3. The lowest BCUT2D eigenvalue weighted by molar-refractivity contribution is 1.60. The first kappa shape index (κ1) is 21.8. The van der Waals surface area contributed by atoms with Crippen LogP contribution in [-0.2, 0) is 0 Å². The van der Waals surface area contributed by atoms with E-state index in [1.165, 1.54) is 81.9 Å². The highest BCUT2D eigenvalue weighted by Gasteiger charge is 2.17. The van der Waals surface area contributed by atoms with E-state index >= 15 is 0 Å². The van der Waals surface area contributed by atoms with Crippen LogP contribution in [0, 0.1) is 6.92 Å². The predicted molar refractivity (Wildman–Crippen MR) is 171 cm³/mol. The highest BCUT2D eigenvalue weighted by Crippen LogP contribution is 2.49. The summed E-state index contributed by atoms with van der Waals surface area (Å²) in [5, 5.41) is 12.6. The quantitative estimate of drug-likeness (QED) is 0.232. The Morgan fingerprint density at radius 3 is 1.62 bits per heavy atom. The molecule has 8 aromatic rings. The first-order chi connectivity index (χ1) is 18.2. The van der Waals surface area contributed by atoms with Gasteiger partial charge in [0.2, 0.25) is 0 Å². The normalized spacial score (nSPS) is 12.1. The van der Waals surface area contributed by atoms with Gasteiger partial charge in [-0.25, -0.2) is 0 Å². The third-order valence-electron chi connectivity index (χ3n) is 7.21. The van der Waals surface area contributed by atoms with Crippen LogP contribution in [-0.4, -0.2) is 7.05 Å². The standard InChI is InChI=1S/C32H21NS4/c1-17-3-10-24(34-17)20-4-8-22-18(15-20)6-11-26-29(22)31-32(36-26)30-23-9-5-21(25-13-14-28(33-2)35-25)16-19(23)7-12-27(30)37-31/h3-16,33H,1-2H3. The maximum atomic E-state index is 3.25. The molecule has 37 heavy (non-hydrogen) atoms. The van der Waals surface area contributed by atoms with Gasteiger partial charge in [-0.15, -0.1) is 45.3 Å². The lowest BCUT2D eigenvalue weighted by atomic mass is 10.0. The zero-order chi connectivity index (χ0) is 24.7. The van der Waals surface area contributed by atoms with Crippen molar-refractivity contribution in [1.82, 2.24) is 0 Å². The summed E-state index contributed by atoms with van der Waals surface area (Å²) in [6.07, 6.45) is 0. The molecule has 1 nitrogen and oxygen atoms in total. The van der Waals surface area contributed by atoms with Gasteiger partial charge in [0.25, 0.3) is 0 Å². The third kappa shape index (κ3) is 3.32. The summed E-state index contributed by atoms with van der Waals surface area (Å²) < 4.78 is 5.60.